The van der Waals surface area contributed by atoms with Gasteiger partial charge in [0.25, 0.3) is 5.91 Å². The van der Waals surface area contributed by atoms with E-state index in [9.17, 15) is 19.5 Å². The Morgan fingerprint density at radius 1 is 1.54 bits per heavy atom. The molecule has 0 aromatic carbocycles. The molecule has 0 unspecified atom stereocenters. The van der Waals surface area contributed by atoms with Crippen LogP contribution in [0.1, 0.15) is 19.8 Å². The molecule has 3 amide bonds. The van der Waals surface area contributed by atoms with Gasteiger partial charge in [-0.2, -0.15) is 0 Å². The van der Waals surface area contributed by atoms with Gasteiger partial charge >= 0.3 is 6.03 Å². The molecule has 0 aromatic heterocycles. The molecule has 1 fully saturated rings. The van der Waals surface area contributed by atoms with E-state index in [1.54, 1.807) is 0 Å². The molecule has 6 nitrogen and oxygen atoms in total. The number of rotatable bonds is 3. The Labute approximate surface area is 74.3 Å². The summed E-state index contributed by atoms with van der Waals surface area (Å²) < 4.78 is 0. The largest absolute Gasteiger partial charge is 0.550 e. The van der Waals surface area contributed by atoms with Crippen molar-refractivity contribution in [2.45, 2.75) is 25.3 Å². The van der Waals surface area contributed by atoms with Gasteiger partial charge in [-0.25, -0.2) is 4.79 Å². The summed E-state index contributed by atoms with van der Waals surface area (Å²) in [7, 11) is 0. The highest BCUT2D eigenvalue weighted by Gasteiger charge is 2.41. The number of carbonyl (C=O) groups excluding carboxylic acids is 3. The Bertz CT molecular complexity index is 276. The van der Waals surface area contributed by atoms with Crippen LogP contribution in [0.2, 0.25) is 0 Å². The third kappa shape index (κ3) is 1.95. The maximum absolute atomic E-state index is 11.1. The molecule has 1 aliphatic rings. The fourth-order valence-electron chi connectivity index (χ4n) is 1.11. The van der Waals surface area contributed by atoms with Gasteiger partial charge in [-0.15, -0.1) is 0 Å². The molecule has 0 aromatic rings. The van der Waals surface area contributed by atoms with Gasteiger partial charge in [0.1, 0.15) is 5.54 Å². The summed E-state index contributed by atoms with van der Waals surface area (Å²) in [5.41, 5.74) is -1.11. The van der Waals surface area contributed by atoms with E-state index in [-0.39, 0.29) is 12.8 Å². The lowest BCUT2D eigenvalue weighted by molar-refractivity contribution is -0.306. The molecule has 0 aliphatic carbocycles. The number of nitrogens with one attached hydrogen (secondary N) is 2. The van der Waals surface area contributed by atoms with Crippen molar-refractivity contribution >= 4 is 17.9 Å². The van der Waals surface area contributed by atoms with Gasteiger partial charge in [0, 0.05) is 5.97 Å². The van der Waals surface area contributed by atoms with Crippen LogP contribution in [-0.4, -0.2) is 23.4 Å². The molecule has 1 atom stereocenters. The van der Waals surface area contributed by atoms with Crippen LogP contribution in [0.5, 0.6) is 0 Å². The van der Waals surface area contributed by atoms with Gasteiger partial charge in [0.15, 0.2) is 0 Å². The van der Waals surface area contributed by atoms with Crippen LogP contribution >= 0.6 is 0 Å². The second-order valence-corrected chi connectivity index (χ2v) is 3.11. The first kappa shape index (κ1) is 9.50. The Kier molecular flexibility index (Phi) is 2.22. The third-order valence-corrected chi connectivity index (χ3v) is 1.95. The van der Waals surface area contributed by atoms with Crippen molar-refractivity contribution in [3.05, 3.63) is 0 Å². The maximum Gasteiger partial charge on any atom is 0.322 e. The van der Waals surface area contributed by atoms with E-state index in [1.165, 1.54) is 6.92 Å². The van der Waals surface area contributed by atoms with E-state index in [0.29, 0.717) is 0 Å². The lowest BCUT2D eigenvalue weighted by Gasteiger charge is -2.20. The topological polar surface area (TPSA) is 98.3 Å². The number of hydrogen-bond acceptors (Lipinski definition) is 4. The minimum absolute atomic E-state index is 0.0346. The highest BCUT2D eigenvalue weighted by Crippen LogP contribution is 2.15. The fraction of sp³-hybridized carbons (Fsp3) is 0.571. The van der Waals surface area contributed by atoms with Gasteiger partial charge in [-0.1, -0.05) is 0 Å². The van der Waals surface area contributed by atoms with Crippen molar-refractivity contribution in [1.29, 1.82) is 0 Å². The van der Waals surface area contributed by atoms with Crippen LogP contribution in [-0.2, 0) is 9.59 Å². The van der Waals surface area contributed by atoms with Crippen LogP contribution in [0.3, 0.4) is 0 Å². The van der Waals surface area contributed by atoms with E-state index in [0.717, 1.165) is 0 Å². The molecule has 0 radical (unpaired) electrons. The predicted molar refractivity (Wildman–Crippen MR) is 39.3 cm³/mol. The van der Waals surface area contributed by atoms with Gasteiger partial charge in [-0.05, 0) is 19.8 Å². The number of imide groups is 1. The van der Waals surface area contributed by atoms with Crippen molar-refractivity contribution in [2.24, 2.45) is 0 Å². The average Bonchev–Trinajstić information content (AvgIpc) is 2.23. The zero-order valence-electron chi connectivity index (χ0n) is 7.05. The number of aliphatic carboxylic acids is 1. The minimum atomic E-state index is -1.24. The zero-order chi connectivity index (χ0) is 10.1. The molecule has 1 rings (SSSR count). The van der Waals surface area contributed by atoms with Crippen molar-refractivity contribution in [3.63, 3.8) is 0 Å². The Morgan fingerprint density at radius 2 is 2.15 bits per heavy atom. The van der Waals surface area contributed by atoms with Crippen LogP contribution in [0, 0.1) is 0 Å². The number of carbonyl (C=O) groups is 3. The molecule has 1 aliphatic heterocycles. The van der Waals surface area contributed by atoms with Crippen LogP contribution in [0.25, 0.3) is 0 Å². The standard InChI is InChI=1S/C7H10N2O4/c1-7(3-2-4(10)11)5(12)8-6(13)9-7/h2-3H2,1H3,(H,10,11)(H2,8,9,12,13)/p-1/t7-/m1/s1. The molecule has 1 saturated heterocycles. The van der Waals surface area contributed by atoms with Crippen LogP contribution in [0.15, 0.2) is 0 Å². The van der Waals surface area contributed by atoms with Gasteiger partial charge in [-0.3, -0.25) is 10.1 Å². The number of hydrogen-bond donors (Lipinski definition) is 2. The van der Waals surface area contributed by atoms with Crippen molar-refractivity contribution in [1.82, 2.24) is 10.6 Å². The van der Waals surface area contributed by atoms with E-state index in [4.69, 9.17) is 0 Å². The second kappa shape index (κ2) is 3.04. The monoisotopic (exact) mass is 185 g/mol. The molecule has 1 heterocycles. The smallest absolute Gasteiger partial charge is 0.322 e. The highest BCUT2D eigenvalue weighted by molar-refractivity contribution is 6.06. The van der Waals surface area contributed by atoms with E-state index >= 15 is 0 Å². The third-order valence-electron chi connectivity index (χ3n) is 1.95. The van der Waals surface area contributed by atoms with Gasteiger partial charge < -0.3 is 15.2 Å². The highest BCUT2D eigenvalue weighted by atomic mass is 16.4. The minimum Gasteiger partial charge on any atom is -0.550 e. The number of carboxylic acids is 1. The summed E-state index contributed by atoms with van der Waals surface area (Å²) in [6, 6.07) is -0.592. The number of amides is 3. The van der Waals surface area contributed by atoms with E-state index in [1.807, 2.05) is 5.32 Å². The molecule has 13 heavy (non-hydrogen) atoms. The molecule has 6 heteroatoms. The summed E-state index contributed by atoms with van der Waals surface area (Å²) in [5, 5.41) is 14.5. The quantitative estimate of drug-likeness (QED) is 0.502. The lowest BCUT2D eigenvalue weighted by atomic mass is 9.96. The summed E-state index contributed by atoms with van der Waals surface area (Å²) in [6.45, 7) is 1.47. The first-order valence-electron chi connectivity index (χ1n) is 3.77. The Balaban J connectivity index is 2.60. The van der Waals surface area contributed by atoms with Gasteiger partial charge in [0.05, 0.1) is 0 Å². The summed E-state index contributed by atoms with van der Waals surface area (Å²) >= 11 is 0. The zero-order valence-corrected chi connectivity index (χ0v) is 7.05. The first-order chi connectivity index (χ1) is 5.94. The van der Waals surface area contributed by atoms with E-state index < -0.39 is 23.4 Å². The Hall–Kier alpha value is -1.59. The first-order valence-corrected chi connectivity index (χ1v) is 3.77. The fourth-order valence-corrected chi connectivity index (χ4v) is 1.11. The second-order valence-electron chi connectivity index (χ2n) is 3.11. The molecular weight excluding hydrogens is 176 g/mol. The summed E-state index contributed by atoms with van der Waals surface area (Å²) in [4.78, 5) is 31.9. The average molecular weight is 185 g/mol. The Morgan fingerprint density at radius 3 is 2.54 bits per heavy atom. The summed E-state index contributed by atoms with van der Waals surface area (Å²) in [5.74, 6) is -1.74. The SMILES string of the molecule is C[C@]1(CCC(=O)[O-])NC(=O)NC1=O. The molecule has 0 saturated carbocycles. The number of urea groups is 1. The van der Waals surface area contributed by atoms with E-state index in [2.05, 4.69) is 5.32 Å². The number of carboxylic acid groups (broad SMARTS) is 1. The lowest BCUT2D eigenvalue weighted by Crippen LogP contribution is -2.44. The van der Waals surface area contributed by atoms with Gasteiger partial charge in [0.2, 0.25) is 0 Å². The molecule has 0 spiro atoms. The molecular formula is C7H9N2O4-. The van der Waals surface area contributed by atoms with Crippen LogP contribution in [0.4, 0.5) is 4.79 Å². The van der Waals surface area contributed by atoms with Crippen molar-refractivity contribution in [2.75, 3.05) is 0 Å². The molecule has 72 valence electrons. The molecule has 2 N–H and O–H groups in total. The van der Waals surface area contributed by atoms with Crippen molar-refractivity contribution < 1.29 is 19.5 Å². The van der Waals surface area contributed by atoms with Crippen molar-refractivity contribution in [3.8, 4) is 0 Å². The maximum atomic E-state index is 11.1. The summed E-state index contributed by atoms with van der Waals surface area (Å²) in [6.07, 6.45) is -0.225. The molecule has 0 bridgehead atoms. The van der Waals surface area contributed by atoms with Crippen LogP contribution < -0.4 is 15.7 Å². The normalized spacial score (nSPS) is 26.8. The predicted octanol–water partition coefficient (Wildman–Crippen LogP) is -1.89.